The van der Waals surface area contributed by atoms with Crippen LogP contribution in [0.2, 0.25) is 0 Å². The van der Waals surface area contributed by atoms with Crippen LogP contribution in [0.15, 0.2) is 49.2 Å². The van der Waals surface area contributed by atoms with E-state index in [1.54, 1.807) is 0 Å². The molecule has 1 aromatic carbocycles. The van der Waals surface area contributed by atoms with Crippen LogP contribution in [0.4, 0.5) is 0 Å². The molecule has 0 atom stereocenters. The molecule has 0 saturated carbocycles. The minimum Gasteiger partial charge on any atom is -0.346 e. The summed E-state index contributed by atoms with van der Waals surface area (Å²) < 4.78 is 4.42. The second-order valence-corrected chi connectivity index (χ2v) is 4.98. The summed E-state index contributed by atoms with van der Waals surface area (Å²) in [5, 5.41) is 4.68. The van der Waals surface area contributed by atoms with Gasteiger partial charge in [-0.15, -0.1) is 0 Å². The van der Waals surface area contributed by atoms with Crippen molar-refractivity contribution in [1.29, 1.82) is 0 Å². The molecule has 0 amide bonds. The summed E-state index contributed by atoms with van der Waals surface area (Å²) in [7, 11) is 0. The van der Waals surface area contributed by atoms with Gasteiger partial charge in [-0.1, -0.05) is 19.1 Å². The van der Waals surface area contributed by atoms with Crippen LogP contribution >= 0.6 is 0 Å². The van der Waals surface area contributed by atoms with Crippen LogP contribution in [-0.4, -0.2) is 20.7 Å². The molecule has 2 heterocycles. The maximum absolute atomic E-state index is 4.08. The first-order chi connectivity index (χ1) is 9.86. The zero-order valence-electron chi connectivity index (χ0n) is 11.8. The zero-order valence-corrected chi connectivity index (χ0v) is 11.8. The Hall–Kier alpha value is -2.07. The smallest absolute Gasteiger partial charge is 0.0946 e. The van der Waals surface area contributed by atoms with Crippen molar-refractivity contribution in [2.75, 3.05) is 6.54 Å². The van der Waals surface area contributed by atoms with E-state index in [0.29, 0.717) is 0 Å². The van der Waals surface area contributed by atoms with Crippen molar-refractivity contribution in [2.24, 2.45) is 0 Å². The molecule has 0 saturated heterocycles. The van der Waals surface area contributed by atoms with Crippen molar-refractivity contribution in [3.63, 3.8) is 0 Å². The molecule has 4 nitrogen and oxygen atoms in total. The molecule has 0 aliphatic rings. The predicted molar refractivity (Wildman–Crippen MR) is 81.5 cm³/mol. The Morgan fingerprint density at radius 1 is 1.15 bits per heavy atom. The number of nitrogens with zero attached hydrogens (tertiary/aromatic N) is 3. The Bertz CT molecular complexity index is 667. The van der Waals surface area contributed by atoms with Crippen LogP contribution in [0.5, 0.6) is 0 Å². The highest BCUT2D eigenvalue weighted by atomic mass is 15.1. The average molecular weight is 268 g/mol. The van der Waals surface area contributed by atoms with E-state index in [9.17, 15) is 0 Å². The lowest BCUT2D eigenvalue weighted by Gasteiger charge is -2.08. The SMILES string of the molecule is CCNCc1ccc2ccn(CCn3ccnc3)c2c1. The average Bonchev–Trinajstić information content (AvgIpc) is 3.12. The van der Waals surface area contributed by atoms with Gasteiger partial charge in [-0.3, -0.25) is 0 Å². The van der Waals surface area contributed by atoms with Crippen molar-refractivity contribution in [1.82, 2.24) is 19.4 Å². The topological polar surface area (TPSA) is 34.8 Å². The van der Waals surface area contributed by atoms with Crippen molar-refractivity contribution in [2.45, 2.75) is 26.6 Å². The lowest BCUT2D eigenvalue weighted by molar-refractivity contribution is 0.591. The molecule has 4 heteroatoms. The van der Waals surface area contributed by atoms with E-state index in [1.165, 1.54) is 16.5 Å². The maximum atomic E-state index is 4.08. The summed E-state index contributed by atoms with van der Waals surface area (Å²) in [5.74, 6) is 0. The number of rotatable bonds is 6. The molecule has 0 fully saturated rings. The van der Waals surface area contributed by atoms with E-state index >= 15 is 0 Å². The molecule has 2 aromatic heterocycles. The minimum absolute atomic E-state index is 0.930. The van der Waals surface area contributed by atoms with Crippen molar-refractivity contribution in [3.05, 3.63) is 54.7 Å². The first-order valence-corrected chi connectivity index (χ1v) is 7.11. The van der Waals surface area contributed by atoms with Gasteiger partial charge in [-0.05, 0) is 29.6 Å². The highest BCUT2D eigenvalue weighted by molar-refractivity contribution is 5.80. The van der Waals surface area contributed by atoms with Crippen molar-refractivity contribution in [3.8, 4) is 0 Å². The van der Waals surface area contributed by atoms with Crippen LogP contribution < -0.4 is 5.32 Å². The van der Waals surface area contributed by atoms with E-state index in [0.717, 1.165) is 26.2 Å². The number of aryl methyl sites for hydroxylation is 2. The highest BCUT2D eigenvalue weighted by Gasteiger charge is 2.02. The molecule has 0 spiro atoms. The largest absolute Gasteiger partial charge is 0.346 e. The standard InChI is InChI=1S/C16H20N4/c1-2-17-12-14-3-4-15-5-7-20(16(15)11-14)10-9-19-8-6-18-13-19/h3-8,11,13,17H,2,9-10,12H2,1H3. The van der Waals surface area contributed by atoms with Gasteiger partial charge in [0.25, 0.3) is 0 Å². The molecule has 1 N–H and O–H groups in total. The van der Waals surface area contributed by atoms with Gasteiger partial charge in [-0.25, -0.2) is 4.98 Å². The van der Waals surface area contributed by atoms with E-state index < -0.39 is 0 Å². The molecule has 0 aliphatic carbocycles. The summed E-state index contributed by atoms with van der Waals surface area (Å²) >= 11 is 0. The predicted octanol–water partition coefficient (Wildman–Crippen LogP) is 2.65. The van der Waals surface area contributed by atoms with E-state index in [1.807, 2.05) is 18.7 Å². The number of fused-ring (bicyclic) bond motifs is 1. The first-order valence-electron chi connectivity index (χ1n) is 7.11. The molecular formula is C16H20N4. The Labute approximate surface area is 119 Å². The van der Waals surface area contributed by atoms with Crippen LogP contribution in [0.1, 0.15) is 12.5 Å². The van der Waals surface area contributed by atoms with Gasteiger partial charge >= 0.3 is 0 Å². The molecule has 104 valence electrons. The normalized spacial score (nSPS) is 11.2. The molecule has 3 rings (SSSR count). The maximum Gasteiger partial charge on any atom is 0.0946 e. The Kier molecular flexibility index (Phi) is 3.83. The lowest BCUT2D eigenvalue weighted by Crippen LogP contribution is -2.11. The number of imidazole rings is 1. The third kappa shape index (κ3) is 2.75. The number of nitrogens with one attached hydrogen (secondary N) is 1. The zero-order chi connectivity index (χ0) is 13.8. The summed E-state index contributed by atoms with van der Waals surface area (Å²) in [6, 6.07) is 8.87. The van der Waals surface area contributed by atoms with E-state index in [-0.39, 0.29) is 0 Å². The van der Waals surface area contributed by atoms with Crippen LogP contribution in [-0.2, 0) is 19.6 Å². The Morgan fingerprint density at radius 2 is 2.10 bits per heavy atom. The van der Waals surface area contributed by atoms with Crippen LogP contribution in [0.3, 0.4) is 0 Å². The van der Waals surface area contributed by atoms with E-state index in [2.05, 4.69) is 56.8 Å². The number of hydrogen-bond donors (Lipinski definition) is 1. The molecule has 0 radical (unpaired) electrons. The molecule has 0 unspecified atom stereocenters. The van der Waals surface area contributed by atoms with Gasteiger partial charge in [0, 0.05) is 43.7 Å². The summed E-state index contributed by atoms with van der Waals surface area (Å²) in [4.78, 5) is 4.08. The fraction of sp³-hybridized carbons (Fsp3) is 0.312. The Balaban J connectivity index is 1.79. The van der Waals surface area contributed by atoms with Gasteiger partial charge < -0.3 is 14.5 Å². The van der Waals surface area contributed by atoms with Gasteiger partial charge in [0.1, 0.15) is 0 Å². The van der Waals surface area contributed by atoms with Crippen LogP contribution in [0, 0.1) is 0 Å². The third-order valence-corrected chi connectivity index (χ3v) is 3.58. The van der Waals surface area contributed by atoms with Gasteiger partial charge in [0.2, 0.25) is 0 Å². The molecule has 0 aliphatic heterocycles. The van der Waals surface area contributed by atoms with Crippen molar-refractivity contribution < 1.29 is 0 Å². The molecule has 3 aromatic rings. The summed E-state index contributed by atoms with van der Waals surface area (Å²) in [6.45, 7) is 5.97. The molecular weight excluding hydrogens is 248 g/mol. The minimum atomic E-state index is 0.930. The van der Waals surface area contributed by atoms with Gasteiger partial charge in [-0.2, -0.15) is 0 Å². The second kappa shape index (κ2) is 5.92. The Morgan fingerprint density at radius 3 is 2.90 bits per heavy atom. The number of hydrogen-bond acceptors (Lipinski definition) is 2. The first kappa shape index (κ1) is 12.9. The van der Waals surface area contributed by atoms with Crippen molar-refractivity contribution >= 4 is 10.9 Å². The summed E-state index contributed by atoms with van der Waals surface area (Å²) in [5.41, 5.74) is 2.64. The van der Waals surface area contributed by atoms with Gasteiger partial charge in [0.05, 0.1) is 6.33 Å². The molecule has 20 heavy (non-hydrogen) atoms. The van der Waals surface area contributed by atoms with Crippen LogP contribution in [0.25, 0.3) is 10.9 Å². The monoisotopic (exact) mass is 268 g/mol. The quantitative estimate of drug-likeness (QED) is 0.746. The fourth-order valence-electron chi connectivity index (χ4n) is 2.45. The number of benzene rings is 1. The molecule has 0 bridgehead atoms. The van der Waals surface area contributed by atoms with E-state index in [4.69, 9.17) is 0 Å². The summed E-state index contributed by atoms with van der Waals surface area (Å²) in [6.07, 6.45) is 7.85. The highest BCUT2D eigenvalue weighted by Crippen LogP contribution is 2.18. The number of aromatic nitrogens is 3. The van der Waals surface area contributed by atoms with Gasteiger partial charge in [0.15, 0.2) is 0 Å². The fourth-order valence-corrected chi connectivity index (χ4v) is 2.45. The third-order valence-electron chi connectivity index (χ3n) is 3.58. The second-order valence-electron chi connectivity index (χ2n) is 4.98. The lowest BCUT2D eigenvalue weighted by atomic mass is 10.1.